The molecule has 0 radical (unpaired) electrons. The lowest BCUT2D eigenvalue weighted by Gasteiger charge is -2.08. The maximum atomic E-state index is 6.20. The summed E-state index contributed by atoms with van der Waals surface area (Å²) in [6.45, 7) is 6.70. The van der Waals surface area contributed by atoms with E-state index in [0.29, 0.717) is 12.4 Å². The first-order valence-corrected chi connectivity index (χ1v) is 6.41. The second kappa shape index (κ2) is 5.19. The second-order valence-corrected chi connectivity index (χ2v) is 5.01. The average Bonchev–Trinajstić information content (AvgIpc) is 2.69. The van der Waals surface area contributed by atoms with Crippen LogP contribution in [-0.4, -0.2) is 9.55 Å². The van der Waals surface area contributed by atoms with Crippen molar-refractivity contribution in [1.82, 2.24) is 9.55 Å². The number of aryl methyl sites for hydroxylation is 1. The van der Waals surface area contributed by atoms with Crippen molar-refractivity contribution in [1.29, 1.82) is 0 Å². The van der Waals surface area contributed by atoms with Gasteiger partial charge in [0.25, 0.3) is 0 Å². The first-order chi connectivity index (χ1) is 9.04. The van der Waals surface area contributed by atoms with Crippen LogP contribution in [0.2, 0.25) is 0 Å². The van der Waals surface area contributed by atoms with Crippen molar-refractivity contribution >= 4 is 5.82 Å². The van der Waals surface area contributed by atoms with Crippen molar-refractivity contribution in [3.05, 3.63) is 35.7 Å². The van der Waals surface area contributed by atoms with E-state index in [-0.39, 0.29) is 5.92 Å². The third-order valence-electron chi connectivity index (χ3n) is 3.13. The zero-order chi connectivity index (χ0) is 14.0. The highest BCUT2D eigenvalue weighted by Crippen LogP contribution is 2.29. The standard InChI is InChI=1S/C16H19N3/c1-5-10-19-15(17)14(18-16(19)11(2)3)13-8-6-12(4)7-9-13/h1,6-9,11H,10,17H2,2-4H3. The number of hydrogen-bond donors (Lipinski definition) is 1. The highest BCUT2D eigenvalue weighted by atomic mass is 15.1. The van der Waals surface area contributed by atoms with Crippen molar-refractivity contribution in [2.24, 2.45) is 0 Å². The molecule has 2 rings (SSSR count). The van der Waals surface area contributed by atoms with Crippen LogP contribution in [0.1, 0.15) is 31.2 Å². The molecule has 0 aliphatic heterocycles. The van der Waals surface area contributed by atoms with Crippen LogP contribution < -0.4 is 5.73 Å². The first kappa shape index (κ1) is 13.2. The Kier molecular flexibility index (Phi) is 3.62. The molecular weight excluding hydrogens is 234 g/mol. The third-order valence-corrected chi connectivity index (χ3v) is 3.13. The normalized spacial score (nSPS) is 10.7. The lowest BCUT2D eigenvalue weighted by molar-refractivity contribution is 0.691. The van der Waals surface area contributed by atoms with Gasteiger partial charge < -0.3 is 10.3 Å². The van der Waals surface area contributed by atoms with Crippen molar-refractivity contribution in [2.75, 3.05) is 5.73 Å². The van der Waals surface area contributed by atoms with Crippen molar-refractivity contribution in [2.45, 2.75) is 33.2 Å². The van der Waals surface area contributed by atoms with Crippen LogP contribution in [0.25, 0.3) is 11.3 Å². The predicted molar refractivity (Wildman–Crippen MR) is 79.7 cm³/mol. The van der Waals surface area contributed by atoms with Crippen LogP contribution in [0.5, 0.6) is 0 Å². The maximum absolute atomic E-state index is 6.20. The number of benzene rings is 1. The lowest BCUT2D eigenvalue weighted by atomic mass is 10.1. The molecular formula is C16H19N3. The van der Waals surface area contributed by atoms with E-state index in [0.717, 1.165) is 17.1 Å². The van der Waals surface area contributed by atoms with Crippen LogP contribution in [0.3, 0.4) is 0 Å². The molecule has 0 aliphatic rings. The Morgan fingerprint density at radius 2 is 1.95 bits per heavy atom. The highest BCUT2D eigenvalue weighted by molar-refractivity contribution is 5.71. The molecule has 1 heterocycles. The molecule has 19 heavy (non-hydrogen) atoms. The van der Waals surface area contributed by atoms with Gasteiger partial charge in [0.05, 0.1) is 6.54 Å². The number of anilines is 1. The van der Waals surface area contributed by atoms with Gasteiger partial charge in [-0.3, -0.25) is 0 Å². The molecule has 98 valence electrons. The largest absolute Gasteiger partial charge is 0.383 e. The van der Waals surface area contributed by atoms with Crippen molar-refractivity contribution in [3.63, 3.8) is 0 Å². The molecule has 3 heteroatoms. The molecule has 2 N–H and O–H groups in total. The number of terminal acetylenes is 1. The maximum Gasteiger partial charge on any atom is 0.132 e. The topological polar surface area (TPSA) is 43.8 Å². The van der Waals surface area contributed by atoms with Gasteiger partial charge in [0.15, 0.2) is 0 Å². The molecule has 1 aromatic heterocycles. The van der Waals surface area contributed by atoms with Crippen LogP contribution >= 0.6 is 0 Å². The molecule has 0 aliphatic carbocycles. The smallest absolute Gasteiger partial charge is 0.132 e. The molecule has 0 atom stereocenters. The van der Waals surface area contributed by atoms with Crippen molar-refractivity contribution in [3.8, 4) is 23.6 Å². The monoisotopic (exact) mass is 253 g/mol. The van der Waals surface area contributed by atoms with Crippen molar-refractivity contribution < 1.29 is 0 Å². The quantitative estimate of drug-likeness (QED) is 0.854. The molecule has 0 bridgehead atoms. The second-order valence-electron chi connectivity index (χ2n) is 5.01. The van der Waals surface area contributed by atoms with E-state index in [1.54, 1.807) is 0 Å². The zero-order valence-electron chi connectivity index (χ0n) is 11.6. The minimum absolute atomic E-state index is 0.287. The van der Waals surface area contributed by atoms with Gasteiger partial charge in [-0.2, -0.15) is 0 Å². The van der Waals surface area contributed by atoms with Crippen LogP contribution in [0.15, 0.2) is 24.3 Å². The van der Waals surface area contributed by atoms with Gasteiger partial charge in [0.1, 0.15) is 17.3 Å². The summed E-state index contributed by atoms with van der Waals surface area (Å²) in [5, 5.41) is 0. The average molecular weight is 253 g/mol. The van der Waals surface area contributed by atoms with E-state index < -0.39 is 0 Å². The van der Waals surface area contributed by atoms with E-state index in [4.69, 9.17) is 12.2 Å². The van der Waals surface area contributed by atoms with Crippen LogP contribution in [0.4, 0.5) is 5.82 Å². The highest BCUT2D eigenvalue weighted by Gasteiger charge is 2.17. The van der Waals surface area contributed by atoms with E-state index in [1.165, 1.54) is 5.56 Å². The van der Waals surface area contributed by atoms with Crippen LogP contribution in [0, 0.1) is 19.3 Å². The minimum atomic E-state index is 0.287. The number of nitrogens with zero attached hydrogens (tertiary/aromatic N) is 2. The van der Waals surface area contributed by atoms with Crippen LogP contribution in [-0.2, 0) is 6.54 Å². The summed E-state index contributed by atoms with van der Waals surface area (Å²) in [5.41, 5.74) is 9.27. The van der Waals surface area contributed by atoms with Gasteiger partial charge in [-0.15, -0.1) is 6.42 Å². The zero-order valence-corrected chi connectivity index (χ0v) is 11.6. The van der Waals surface area contributed by atoms with Gasteiger partial charge in [-0.05, 0) is 6.92 Å². The number of rotatable bonds is 3. The van der Waals surface area contributed by atoms with Gasteiger partial charge in [0.2, 0.25) is 0 Å². The van der Waals surface area contributed by atoms with E-state index >= 15 is 0 Å². The Morgan fingerprint density at radius 1 is 1.32 bits per heavy atom. The Labute approximate surface area is 114 Å². The molecule has 2 aromatic rings. The van der Waals surface area contributed by atoms with Gasteiger partial charge in [-0.25, -0.2) is 4.98 Å². The Hall–Kier alpha value is -2.21. The summed E-state index contributed by atoms with van der Waals surface area (Å²) < 4.78 is 1.92. The van der Waals surface area contributed by atoms with Gasteiger partial charge in [-0.1, -0.05) is 49.6 Å². The molecule has 1 aromatic carbocycles. The molecule has 3 nitrogen and oxygen atoms in total. The fraction of sp³-hybridized carbons (Fsp3) is 0.312. The van der Waals surface area contributed by atoms with E-state index in [9.17, 15) is 0 Å². The number of nitrogens with two attached hydrogens (primary N) is 1. The summed E-state index contributed by atoms with van der Waals surface area (Å²) >= 11 is 0. The summed E-state index contributed by atoms with van der Waals surface area (Å²) in [6.07, 6.45) is 5.41. The van der Waals surface area contributed by atoms with Gasteiger partial charge in [0, 0.05) is 11.5 Å². The van der Waals surface area contributed by atoms with Gasteiger partial charge >= 0.3 is 0 Å². The Bertz CT molecular complexity index is 613. The Balaban J connectivity index is 2.56. The summed E-state index contributed by atoms with van der Waals surface area (Å²) in [4.78, 5) is 4.67. The Morgan fingerprint density at radius 3 is 2.47 bits per heavy atom. The summed E-state index contributed by atoms with van der Waals surface area (Å²) in [5.74, 6) is 4.50. The number of hydrogen-bond acceptors (Lipinski definition) is 2. The molecule has 0 unspecified atom stereocenters. The number of imidazole rings is 1. The molecule has 0 amide bonds. The van der Waals surface area contributed by atoms with E-state index in [1.807, 2.05) is 16.7 Å². The lowest BCUT2D eigenvalue weighted by Crippen LogP contribution is -2.07. The predicted octanol–water partition coefficient (Wildman–Crippen LogP) is 3.20. The summed E-state index contributed by atoms with van der Waals surface area (Å²) in [6, 6.07) is 8.20. The SMILES string of the molecule is C#CCn1c(C(C)C)nc(-c2ccc(C)cc2)c1N. The fourth-order valence-corrected chi connectivity index (χ4v) is 2.11. The number of nitrogen functional groups attached to an aromatic ring is 1. The molecule has 0 fully saturated rings. The first-order valence-electron chi connectivity index (χ1n) is 6.41. The minimum Gasteiger partial charge on any atom is -0.383 e. The molecule has 0 saturated heterocycles. The molecule has 0 saturated carbocycles. The summed E-state index contributed by atoms with van der Waals surface area (Å²) in [7, 11) is 0. The fourth-order valence-electron chi connectivity index (χ4n) is 2.11. The molecule has 0 spiro atoms. The van der Waals surface area contributed by atoms with E-state index in [2.05, 4.69) is 43.8 Å². The third kappa shape index (κ3) is 2.48. The number of aromatic nitrogens is 2.